The third-order valence-corrected chi connectivity index (χ3v) is 7.19. The molecule has 0 aromatic rings. The zero-order valence-corrected chi connectivity index (χ0v) is 16.2. The third kappa shape index (κ3) is 5.55. The maximum Gasteiger partial charge on any atom is 0.317 e. The smallest absolute Gasteiger partial charge is 0.317 e. The molecule has 0 bridgehead atoms. The number of aliphatic carboxylic acids is 1. The van der Waals surface area contributed by atoms with Crippen LogP contribution in [0.25, 0.3) is 0 Å². The molecule has 1 saturated carbocycles. The fraction of sp³-hybridized carbons (Fsp3) is 0.875. The number of nitrogens with zero attached hydrogens (tertiary/aromatic N) is 3. The minimum absolute atomic E-state index is 0.0137. The summed E-state index contributed by atoms with van der Waals surface area (Å²) in [6.45, 7) is 1.53. The predicted octanol–water partition coefficient (Wildman–Crippen LogP) is 0.688. The fourth-order valence-corrected chi connectivity index (χ4v) is 5.06. The van der Waals surface area contributed by atoms with Crippen molar-refractivity contribution in [3.05, 3.63) is 0 Å². The maximum atomic E-state index is 12.8. The Balaban J connectivity index is 1.79. The van der Waals surface area contributed by atoms with Gasteiger partial charge in [0.15, 0.2) is 0 Å². The maximum absolute atomic E-state index is 12.8. The van der Waals surface area contributed by atoms with Gasteiger partial charge in [-0.2, -0.15) is 17.0 Å². The van der Waals surface area contributed by atoms with Gasteiger partial charge in [-0.25, -0.2) is 4.79 Å². The first-order chi connectivity index (χ1) is 12.3. The molecule has 2 fully saturated rings. The average Bonchev–Trinajstić information content (AvgIpc) is 2.65. The van der Waals surface area contributed by atoms with E-state index in [1.54, 1.807) is 11.9 Å². The summed E-state index contributed by atoms with van der Waals surface area (Å²) in [6, 6.07) is -0.197. The van der Waals surface area contributed by atoms with Gasteiger partial charge in [0, 0.05) is 52.2 Å². The summed E-state index contributed by atoms with van der Waals surface area (Å²) in [5.74, 6) is -0.889. The molecule has 1 aliphatic carbocycles. The summed E-state index contributed by atoms with van der Waals surface area (Å²) < 4.78 is 28.6. The van der Waals surface area contributed by atoms with E-state index in [1.807, 2.05) is 0 Å². The number of carbonyl (C=O) groups is 2. The van der Waals surface area contributed by atoms with Gasteiger partial charge in [0.05, 0.1) is 0 Å². The van der Waals surface area contributed by atoms with E-state index >= 15 is 0 Å². The van der Waals surface area contributed by atoms with Crippen molar-refractivity contribution in [1.29, 1.82) is 0 Å². The molecule has 0 unspecified atom stereocenters. The van der Waals surface area contributed by atoms with Crippen molar-refractivity contribution >= 4 is 22.2 Å². The van der Waals surface area contributed by atoms with Crippen LogP contribution in [0, 0.1) is 0 Å². The molecule has 0 aromatic carbocycles. The monoisotopic (exact) mass is 390 g/mol. The lowest BCUT2D eigenvalue weighted by Gasteiger charge is -2.38. The topological polar surface area (TPSA) is 110 Å². The van der Waals surface area contributed by atoms with Crippen LogP contribution < -0.4 is 5.32 Å². The normalized spacial score (nSPS) is 20.3. The second-order valence-electron chi connectivity index (χ2n) is 6.93. The molecule has 2 N–H and O–H groups in total. The first-order valence-corrected chi connectivity index (χ1v) is 10.7. The number of carbonyl (C=O) groups excluding carboxylic acids is 1. The number of hydrogen-bond acceptors (Lipinski definition) is 4. The van der Waals surface area contributed by atoms with E-state index in [0.717, 1.165) is 25.7 Å². The van der Waals surface area contributed by atoms with Crippen LogP contribution in [0.2, 0.25) is 0 Å². The van der Waals surface area contributed by atoms with E-state index in [9.17, 15) is 18.0 Å². The molecular formula is C16H30N4O5S. The van der Waals surface area contributed by atoms with E-state index in [4.69, 9.17) is 5.11 Å². The van der Waals surface area contributed by atoms with Gasteiger partial charge in [-0.05, 0) is 19.3 Å². The van der Waals surface area contributed by atoms with Crippen LogP contribution in [0.4, 0.5) is 4.79 Å². The van der Waals surface area contributed by atoms with Crippen LogP contribution in [0.3, 0.4) is 0 Å². The Morgan fingerprint density at radius 2 is 1.73 bits per heavy atom. The minimum Gasteiger partial charge on any atom is -0.481 e. The Morgan fingerprint density at radius 3 is 2.31 bits per heavy atom. The summed E-state index contributed by atoms with van der Waals surface area (Å²) in [6.07, 6.45) is 5.52. The fourth-order valence-electron chi connectivity index (χ4n) is 3.48. The number of carboxylic acids is 1. The number of amides is 2. The van der Waals surface area contributed by atoms with Crippen molar-refractivity contribution in [3.8, 4) is 0 Å². The van der Waals surface area contributed by atoms with E-state index in [1.165, 1.54) is 15.0 Å². The minimum atomic E-state index is -3.50. The molecule has 1 heterocycles. The Labute approximate surface area is 155 Å². The molecule has 26 heavy (non-hydrogen) atoms. The van der Waals surface area contributed by atoms with E-state index in [2.05, 4.69) is 5.32 Å². The zero-order valence-electron chi connectivity index (χ0n) is 15.4. The molecular weight excluding hydrogens is 360 g/mol. The molecule has 2 amide bonds. The lowest BCUT2D eigenvalue weighted by molar-refractivity contribution is -0.137. The SMILES string of the molecule is CN(C1CCCCC1)S(=O)(=O)N1CCN(C(=O)NCCCC(=O)O)CC1. The van der Waals surface area contributed by atoms with Gasteiger partial charge in [-0.1, -0.05) is 19.3 Å². The van der Waals surface area contributed by atoms with Gasteiger partial charge in [-0.15, -0.1) is 0 Å². The molecule has 0 spiro atoms. The highest BCUT2D eigenvalue weighted by atomic mass is 32.2. The number of nitrogens with one attached hydrogen (secondary N) is 1. The highest BCUT2D eigenvalue weighted by Gasteiger charge is 2.35. The molecule has 1 aliphatic heterocycles. The second kappa shape index (κ2) is 9.52. The van der Waals surface area contributed by atoms with Gasteiger partial charge < -0.3 is 15.3 Å². The number of rotatable bonds is 7. The second-order valence-corrected chi connectivity index (χ2v) is 8.92. The highest BCUT2D eigenvalue weighted by Crippen LogP contribution is 2.25. The van der Waals surface area contributed by atoms with Crippen molar-refractivity contribution < 1.29 is 23.1 Å². The van der Waals surface area contributed by atoms with Gasteiger partial charge in [-0.3, -0.25) is 4.79 Å². The molecule has 0 atom stereocenters. The standard InChI is InChI=1S/C16H30N4O5S/c1-18(14-6-3-2-4-7-14)26(24,25)20-12-10-19(11-13-20)16(23)17-9-5-8-15(21)22/h14H,2-13H2,1H3,(H,17,23)(H,21,22). The number of carboxylic acid groups (broad SMARTS) is 1. The quantitative estimate of drug-likeness (QED) is 0.622. The van der Waals surface area contributed by atoms with Crippen molar-refractivity contribution in [2.45, 2.75) is 51.0 Å². The van der Waals surface area contributed by atoms with Crippen molar-refractivity contribution in [3.63, 3.8) is 0 Å². The molecule has 2 aliphatic rings. The summed E-state index contributed by atoms with van der Waals surface area (Å²) in [5.41, 5.74) is 0. The molecule has 150 valence electrons. The summed E-state index contributed by atoms with van der Waals surface area (Å²) >= 11 is 0. The Bertz CT molecular complexity index is 583. The highest BCUT2D eigenvalue weighted by molar-refractivity contribution is 7.86. The lowest BCUT2D eigenvalue weighted by Crippen LogP contribution is -2.56. The predicted molar refractivity (Wildman–Crippen MR) is 97.0 cm³/mol. The van der Waals surface area contributed by atoms with Crippen LogP contribution in [-0.4, -0.2) is 84.8 Å². The van der Waals surface area contributed by atoms with E-state index in [0.29, 0.717) is 26.1 Å². The van der Waals surface area contributed by atoms with Crippen LogP contribution in [-0.2, 0) is 15.0 Å². The van der Waals surface area contributed by atoms with Gasteiger partial charge in [0.25, 0.3) is 10.2 Å². The first kappa shape index (κ1) is 20.9. The van der Waals surface area contributed by atoms with Crippen molar-refractivity contribution in [2.24, 2.45) is 0 Å². The first-order valence-electron chi connectivity index (χ1n) is 9.30. The number of urea groups is 1. The summed E-state index contributed by atoms with van der Waals surface area (Å²) in [4.78, 5) is 24.1. The summed E-state index contributed by atoms with van der Waals surface area (Å²) in [5, 5.41) is 11.3. The van der Waals surface area contributed by atoms with Gasteiger partial charge in [0.2, 0.25) is 0 Å². The Hall–Kier alpha value is -1.39. The van der Waals surface area contributed by atoms with Crippen molar-refractivity contribution in [1.82, 2.24) is 18.8 Å². The molecule has 2 rings (SSSR count). The van der Waals surface area contributed by atoms with E-state index < -0.39 is 16.2 Å². The zero-order chi connectivity index (χ0) is 19.2. The van der Waals surface area contributed by atoms with Crippen LogP contribution in [0.5, 0.6) is 0 Å². The van der Waals surface area contributed by atoms with Crippen LogP contribution >= 0.6 is 0 Å². The van der Waals surface area contributed by atoms with Crippen LogP contribution in [0.1, 0.15) is 44.9 Å². The molecule has 0 aromatic heterocycles. The number of piperazine rings is 1. The van der Waals surface area contributed by atoms with Crippen LogP contribution in [0.15, 0.2) is 0 Å². The average molecular weight is 391 g/mol. The van der Waals surface area contributed by atoms with Gasteiger partial charge >= 0.3 is 12.0 Å². The molecule has 9 nitrogen and oxygen atoms in total. The van der Waals surface area contributed by atoms with Gasteiger partial charge in [0.1, 0.15) is 0 Å². The largest absolute Gasteiger partial charge is 0.481 e. The molecule has 0 radical (unpaired) electrons. The lowest BCUT2D eigenvalue weighted by atomic mass is 9.96. The molecule has 1 saturated heterocycles. The summed E-state index contributed by atoms with van der Waals surface area (Å²) in [7, 11) is -1.84. The third-order valence-electron chi connectivity index (χ3n) is 5.15. The Kier molecular flexibility index (Phi) is 7.66. The van der Waals surface area contributed by atoms with E-state index in [-0.39, 0.29) is 31.6 Å². The number of hydrogen-bond donors (Lipinski definition) is 2. The Morgan fingerprint density at radius 1 is 1.12 bits per heavy atom. The van der Waals surface area contributed by atoms with Crippen molar-refractivity contribution in [2.75, 3.05) is 39.8 Å². The molecule has 10 heteroatoms.